The summed E-state index contributed by atoms with van der Waals surface area (Å²) in [6, 6.07) is 0.495. The highest BCUT2D eigenvalue weighted by Crippen LogP contribution is 1.97. The molecule has 60 valence electrons. The molecule has 0 saturated heterocycles. The van der Waals surface area contributed by atoms with Crippen LogP contribution in [0.15, 0.2) is 4.99 Å². The highest BCUT2D eigenvalue weighted by Gasteiger charge is 2.06. The first-order valence-electron chi connectivity index (χ1n) is 3.70. The molecule has 0 fully saturated rings. The number of amidine groups is 1. The zero-order valence-electron chi connectivity index (χ0n) is 7.39. The van der Waals surface area contributed by atoms with Gasteiger partial charge < -0.3 is 4.90 Å². The average molecular weight is 182 g/mol. The summed E-state index contributed by atoms with van der Waals surface area (Å²) in [6.07, 6.45) is 1.50. The van der Waals surface area contributed by atoms with E-state index in [0.29, 0.717) is 12.2 Å². The van der Waals surface area contributed by atoms with Crippen LogP contribution in [0.2, 0.25) is 0 Å². The molecule has 0 atom stereocenters. The first kappa shape index (κ1) is 10.9. The summed E-state index contributed by atoms with van der Waals surface area (Å²) in [4.78, 5) is 6.42. The summed E-state index contributed by atoms with van der Waals surface area (Å²) in [5.74, 6) is 1.06. The lowest BCUT2D eigenvalue weighted by molar-refractivity contribution is 0.396. The van der Waals surface area contributed by atoms with E-state index in [2.05, 4.69) is 44.2 Å². The van der Waals surface area contributed by atoms with Crippen LogP contribution in [0.1, 0.15) is 20.8 Å². The maximum atomic E-state index is 4.24. The molecule has 0 bridgehead atoms. The van der Waals surface area contributed by atoms with E-state index in [1.54, 1.807) is 0 Å². The smallest absolute Gasteiger partial charge is 0.0952 e. The SMILES string of the molecule is C/C(=N/C[Si])N(C[Si])C(C)C. The predicted molar refractivity (Wildman–Crippen MR) is 51.3 cm³/mol. The van der Waals surface area contributed by atoms with Crippen LogP contribution in [0.25, 0.3) is 0 Å². The van der Waals surface area contributed by atoms with Gasteiger partial charge in [0.2, 0.25) is 0 Å². The van der Waals surface area contributed by atoms with Crippen molar-refractivity contribution in [2.45, 2.75) is 26.8 Å². The number of hydrogen-bond acceptors (Lipinski definition) is 1. The van der Waals surface area contributed by atoms with Gasteiger partial charge in [-0.1, -0.05) is 0 Å². The number of aliphatic imine (C=N–C) groups is 1. The van der Waals surface area contributed by atoms with Gasteiger partial charge in [-0.3, -0.25) is 4.99 Å². The molecule has 0 spiro atoms. The Labute approximate surface area is 75.9 Å². The Hall–Kier alpha value is -0.0962. The second-order valence-electron chi connectivity index (χ2n) is 2.59. The van der Waals surface area contributed by atoms with Gasteiger partial charge in [-0.2, -0.15) is 0 Å². The van der Waals surface area contributed by atoms with Crippen LogP contribution in [0.4, 0.5) is 0 Å². The molecule has 0 unspecified atom stereocenters. The van der Waals surface area contributed by atoms with Crippen LogP contribution in [0, 0.1) is 0 Å². The molecule has 2 nitrogen and oxygen atoms in total. The van der Waals surface area contributed by atoms with Crippen molar-refractivity contribution in [1.29, 1.82) is 0 Å². The Kier molecular flexibility index (Phi) is 5.49. The first-order chi connectivity index (χ1) is 5.13. The Morgan fingerprint density at radius 3 is 2.27 bits per heavy atom. The number of hydrogen-bond donors (Lipinski definition) is 0. The summed E-state index contributed by atoms with van der Waals surface area (Å²) in [6.45, 7) is 6.31. The minimum atomic E-state index is 0.495. The molecular formula is C7H14N2Si2. The van der Waals surface area contributed by atoms with Gasteiger partial charge in [0.1, 0.15) is 0 Å². The third kappa shape index (κ3) is 3.72. The van der Waals surface area contributed by atoms with Crippen molar-refractivity contribution in [2.75, 3.05) is 12.3 Å². The topological polar surface area (TPSA) is 15.6 Å². The average Bonchev–Trinajstić information content (AvgIpc) is 1.88. The number of nitrogens with zero attached hydrogens (tertiary/aromatic N) is 2. The normalized spacial score (nSPS) is 12.4. The van der Waals surface area contributed by atoms with Crippen molar-refractivity contribution in [3.8, 4) is 0 Å². The van der Waals surface area contributed by atoms with E-state index in [9.17, 15) is 0 Å². The maximum absolute atomic E-state index is 4.24. The molecule has 0 aliphatic carbocycles. The van der Waals surface area contributed by atoms with E-state index in [0.717, 1.165) is 12.0 Å². The fraction of sp³-hybridized carbons (Fsp3) is 0.857. The van der Waals surface area contributed by atoms with Crippen LogP contribution in [-0.4, -0.2) is 49.6 Å². The van der Waals surface area contributed by atoms with Gasteiger partial charge in [-0.15, -0.1) is 0 Å². The monoisotopic (exact) mass is 182 g/mol. The van der Waals surface area contributed by atoms with E-state index in [1.807, 2.05) is 6.92 Å². The summed E-state index contributed by atoms with van der Waals surface area (Å²) < 4.78 is 0. The lowest BCUT2D eigenvalue weighted by Gasteiger charge is -2.26. The second-order valence-corrected chi connectivity index (χ2v) is 3.22. The van der Waals surface area contributed by atoms with Gasteiger partial charge in [0.05, 0.1) is 26.3 Å². The molecule has 0 aromatic carbocycles. The molecule has 0 aliphatic rings. The minimum absolute atomic E-state index is 0.495. The molecule has 0 heterocycles. The summed E-state index contributed by atoms with van der Waals surface area (Å²) in [5, 5.41) is 0. The zero-order chi connectivity index (χ0) is 8.85. The van der Waals surface area contributed by atoms with Crippen LogP contribution >= 0.6 is 0 Å². The second kappa shape index (κ2) is 5.54. The van der Waals surface area contributed by atoms with Gasteiger partial charge in [0, 0.05) is 18.4 Å². The molecule has 6 radical (unpaired) electrons. The summed E-state index contributed by atoms with van der Waals surface area (Å²) >= 11 is 0. The van der Waals surface area contributed by atoms with Crippen LogP contribution in [0.3, 0.4) is 0 Å². The predicted octanol–water partition coefficient (Wildman–Crippen LogP) is 0.367. The van der Waals surface area contributed by atoms with Crippen LogP contribution < -0.4 is 0 Å². The van der Waals surface area contributed by atoms with Crippen molar-refractivity contribution >= 4 is 26.3 Å². The zero-order valence-corrected chi connectivity index (χ0v) is 9.39. The van der Waals surface area contributed by atoms with E-state index in [1.165, 1.54) is 0 Å². The first-order valence-corrected chi connectivity index (χ1v) is 5.11. The Morgan fingerprint density at radius 1 is 1.45 bits per heavy atom. The van der Waals surface area contributed by atoms with Crippen molar-refractivity contribution in [1.82, 2.24) is 4.90 Å². The maximum Gasteiger partial charge on any atom is 0.0952 e. The number of rotatable bonds is 3. The van der Waals surface area contributed by atoms with E-state index < -0.39 is 0 Å². The molecule has 11 heavy (non-hydrogen) atoms. The minimum Gasteiger partial charge on any atom is -0.362 e. The van der Waals surface area contributed by atoms with Gasteiger partial charge in [-0.25, -0.2) is 0 Å². The molecule has 0 aliphatic heterocycles. The highest BCUT2D eigenvalue weighted by atomic mass is 28.1. The lowest BCUT2D eigenvalue weighted by atomic mass is 10.3. The molecule has 0 N–H and O–H groups in total. The fourth-order valence-corrected chi connectivity index (χ4v) is 1.70. The van der Waals surface area contributed by atoms with Gasteiger partial charge in [0.15, 0.2) is 0 Å². The van der Waals surface area contributed by atoms with E-state index in [4.69, 9.17) is 0 Å². The van der Waals surface area contributed by atoms with Crippen LogP contribution in [0.5, 0.6) is 0 Å². The van der Waals surface area contributed by atoms with Gasteiger partial charge in [0.25, 0.3) is 0 Å². The van der Waals surface area contributed by atoms with Gasteiger partial charge >= 0.3 is 0 Å². The molecule has 0 amide bonds. The molecule has 0 saturated carbocycles. The Balaban J connectivity index is 4.13. The summed E-state index contributed by atoms with van der Waals surface area (Å²) in [7, 11) is 6.77. The molecular weight excluding hydrogens is 168 g/mol. The molecule has 0 rings (SSSR count). The quantitative estimate of drug-likeness (QED) is 0.350. The third-order valence-corrected chi connectivity index (χ3v) is 2.02. The van der Waals surface area contributed by atoms with Gasteiger partial charge in [-0.05, 0) is 20.8 Å². The Morgan fingerprint density at radius 2 is 2.00 bits per heavy atom. The molecule has 0 aromatic rings. The van der Waals surface area contributed by atoms with E-state index in [-0.39, 0.29) is 0 Å². The summed E-state index contributed by atoms with van der Waals surface area (Å²) in [5.41, 5.74) is 0. The lowest BCUT2D eigenvalue weighted by Crippen LogP contribution is -2.36. The fourth-order valence-electron chi connectivity index (χ4n) is 0.876. The van der Waals surface area contributed by atoms with E-state index >= 15 is 0 Å². The highest BCUT2D eigenvalue weighted by molar-refractivity contribution is 6.11. The largest absolute Gasteiger partial charge is 0.362 e. The standard InChI is InChI=1S/C7H14N2Si2/c1-6(2)9(5-11)7(3)8-4-10/h6H,4-5H2,1-3H3/b8-7-. The molecule has 4 heteroatoms. The van der Waals surface area contributed by atoms with Crippen LogP contribution in [-0.2, 0) is 0 Å². The van der Waals surface area contributed by atoms with Crippen molar-refractivity contribution < 1.29 is 0 Å². The van der Waals surface area contributed by atoms with Crippen molar-refractivity contribution in [3.05, 3.63) is 0 Å². The Bertz CT molecular complexity index is 134. The van der Waals surface area contributed by atoms with Crippen molar-refractivity contribution in [2.24, 2.45) is 4.99 Å². The third-order valence-electron chi connectivity index (χ3n) is 1.52. The van der Waals surface area contributed by atoms with Crippen molar-refractivity contribution in [3.63, 3.8) is 0 Å². The molecule has 0 aromatic heterocycles.